The van der Waals surface area contributed by atoms with E-state index in [4.69, 9.17) is 11.6 Å². The number of amides is 1. The first-order chi connectivity index (χ1) is 13.2. The highest BCUT2D eigenvalue weighted by Gasteiger charge is 2.29. The summed E-state index contributed by atoms with van der Waals surface area (Å²) in [7, 11) is -3.65. The highest BCUT2D eigenvalue weighted by Crippen LogP contribution is 2.27. The molecule has 1 aliphatic rings. The van der Waals surface area contributed by atoms with Crippen molar-refractivity contribution in [3.05, 3.63) is 58.1 Å². The minimum absolute atomic E-state index is 0.0950. The molecule has 1 aliphatic heterocycles. The number of sulfonamides is 1. The van der Waals surface area contributed by atoms with Crippen molar-refractivity contribution in [3.63, 3.8) is 0 Å². The van der Waals surface area contributed by atoms with Crippen molar-refractivity contribution in [2.75, 3.05) is 18.4 Å². The molecule has 0 atom stereocenters. The van der Waals surface area contributed by atoms with E-state index < -0.39 is 15.9 Å². The van der Waals surface area contributed by atoms with Crippen LogP contribution in [0.15, 0.2) is 41.3 Å². The second kappa shape index (κ2) is 8.23. The Hall–Kier alpha value is -1.89. The Kier molecular flexibility index (Phi) is 6.12. The van der Waals surface area contributed by atoms with Crippen LogP contribution in [0.5, 0.6) is 0 Å². The number of hydrogen-bond acceptors (Lipinski definition) is 3. The molecular weight excluding hydrogens is 396 g/mol. The number of carbonyl (C=O) groups is 1. The molecule has 0 aliphatic carbocycles. The average Bonchev–Trinajstić information content (AvgIpc) is 2.65. The summed E-state index contributed by atoms with van der Waals surface area (Å²) in [6, 6.07) is 10.1. The minimum Gasteiger partial charge on any atom is -0.322 e. The zero-order chi connectivity index (χ0) is 20.5. The van der Waals surface area contributed by atoms with Gasteiger partial charge in [0.05, 0.1) is 15.5 Å². The summed E-state index contributed by atoms with van der Waals surface area (Å²) in [5.74, 6) is 0.0959. The van der Waals surface area contributed by atoms with Gasteiger partial charge >= 0.3 is 0 Å². The number of piperidine rings is 1. The van der Waals surface area contributed by atoms with E-state index in [1.54, 1.807) is 0 Å². The van der Waals surface area contributed by atoms with Crippen LogP contribution in [0.4, 0.5) is 5.69 Å². The van der Waals surface area contributed by atoms with Crippen LogP contribution in [0.2, 0.25) is 5.02 Å². The van der Waals surface area contributed by atoms with Crippen molar-refractivity contribution in [1.29, 1.82) is 0 Å². The van der Waals surface area contributed by atoms with Crippen molar-refractivity contribution in [1.82, 2.24) is 4.31 Å². The summed E-state index contributed by atoms with van der Waals surface area (Å²) in [5.41, 5.74) is 2.76. The predicted octanol–water partition coefficient (Wildman–Crippen LogP) is 4.63. The molecule has 0 radical (unpaired) electrons. The second-order valence-corrected chi connectivity index (χ2v) is 9.85. The van der Waals surface area contributed by atoms with Gasteiger partial charge in [0.25, 0.3) is 5.91 Å². The maximum Gasteiger partial charge on any atom is 0.257 e. The second-order valence-electron chi connectivity index (χ2n) is 7.50. The fourth-order valence-corrected chi connectivity index (χ4v) is 4.97. The number of benzene rings is 2. The van der Waals surface area contributed by atoms with Crippen LogP contribution in [-0.2, 0) is 10.0 Å². The maximum absolute atomic E-state index is 13.0. The molecule has 1 heterocycles. The summed E-state index contributed by atoms with van der Waals surface area (Å²) in [6.07, 6.45) is 1.68. The van der Waals surface area contributed by atoms with Crippen LogP contribution < -0.4 is 5.32 Å². The lowest BCUT2D eigenvalue weighted by atomic mass is 10.0. The van der Waals surface area contributed by atoms with E-state index in [1.807, 2.05) is 32.0 Å². The molecule has 0 spiro atoms. The molecule has 5 nitrogen and oxygen atoms in total. The predicted molar refractivity (Wildman–Crippen MR) is 112 cm³/mol. The van der Waals surface area contributed by atoms with E-state index in [9.17, 15) is 13.2 Å². The number of halogens is 1. The third-order valence-electron chi connectivity index (χ3n) is 5.20. The van der Waals surface area contributed by atoms with Crippen molar-refractivity contribution >= 4 is 33.2 Å². The number of hydrogen-bond donors (Lipinski definition) is 1. The molecule has 1 amide bonds. The van der Waals surface area contributed by atoms with Gasteiger partial charge in [-0.3, -0.25) is 4.79 Å². The quantitative estimate of drug-likeness (QED) is 0.784. The highest BCUT2D eigenvalue weighted by molar-refractivity contribution is 7.89. The Balaban J connectivity index is 1.89. The monoisotopic (exact) mass is 420 g/mol. The lowest BCUT2D eigenvalue weighted by Gasteiger charge is -2.29. The number of nitrogens with zero attached hydrogens (tertiary/aromatic N) is 1. The molecule has 0 unspecified atom stereocenters. The van der Waals surface area contributed by atoms with E-state index in [2.05, 4.69) is 12.2 Å². The van der Waals surface area contributed by atoms with Gasteiger partial charge < -0.3 is 5.32 Å². The van der Waals surface area contributed by atoms with Crippen LogP contribution in [0.1, 0.15) is 41.3 Å². The van der Waals surface area contributed by atoms with Gasteiger partial charge in [-0.1, -0.05) is 30.7 Å². The molecule has 1 saturated heterocycles. The van der Waals surface area contributed by atoms with Gasteiger partial charge in [-0.05, 0) is 68.0 Å². The Morgan fingerprint density at radius 2 is 1.79 bits per heavy atom. The topological polar surface area (TPSA) is 66.5 Å². The van der Waals surface area contributed by atoms with Crippen LogP contribution >= 0.6 is 11.6 Å². The molecule has 0 bridgehead atoms. The maximum atomic E-state index is 13.0. The standard InChI is InChI=1S/C21H25ClN2O3S/c1-14-8-10-24(11-9-14)28(26,27)17-6-7-19(22)18(13-17)21(25)23-20-12-15(2)4-5-16(20)3/h4-7,12-14H,8-11H2,1-3H3,(H,23,25). The Bertz CT molecular complexity index is 997. The van der Waals surface area contributed by atoms with Crippen LogP contribution in [-0.4, -0.2) is 31.7 Å². The normalized spacial score (nSPS) is 16.1. The van der Waals surface area contributed by atoms with Gasteiger partial charge in [-0.15, -0.1) is 0 Å². The number of nitrogens with one attached hydrogen (secondary N) is 1. The first-order valence-corrected chi connectivity index (χ1v) is 11.2. The molecule has 2 aromatic carbocycles. The van der Waals surface area contributed by atoms with Crippen molar-refractivity contribution in [3.8, 4) is 0 Å². The molecule has 150 valence electrons. The Labute approximate surface area is 171 Å². The fraction of sp³-hybridized carbons (Fsp3) is 0.381. The number of aryl methyl sites for hydroxylation is 2. The van der Waals surface area contributed by atoms with Gasteiger partial charge in [0, 0.05) is 18.8 Å². The molecule has 1 N–H and O–H groups in total. The fourth-order valence-electron chi connectivity index (χ4n) is 3.27. The summed E-state index contributed by atoms with van der Waals surface area (Å²) >= 11 is 6.21. The molecule has 1 fully saturated rings. The van der Waals surface area contributed by atoms with Crippen molar-refractivity contribution in [2.45, 2.75) is 38.5 Å². The van der Waals surface area contributed by atoms with Crippen molar-refractivity contribution in [2.24, 2.45) is 5.92 Å². The first kappa shape index (κ1) is 20.8. The summed E-state index contributed by atoms with van der Waals surface area (Å²) in [6.45, 7) is 6.96. The van der Waals surface area contributed by atoms with Gasteiger partial charge in [-0.2, -0.15) is 4.31 Å². The lowest BCUT2D eigenvalue weighted by Crippen LogP contribution is -2.37. The summed E-state index contributed by atoms with van der Waals surface area (Å²) in [5, 5.41) is 3.06. The molecule has 0 aromatic heterocycles. The summed E-state index contributed by atoms with van der Waals surface area (Å²) < 4.78 is 27.5. The van der Waals surface area contributed by atoms with Gasteiger partial charge in [0.15, 0.2) is 0 Å². The number of carbonyl (C=O) groups excluding carboxylic acids is 1. The van der Waals surface area contributed by atoms with Crippen LogP contribution in [0, 0.1) is 19.8 Å². The van der Waals surface area contributed by atoms with Crippen LogP contribution in [0.3, 0.4) is 0 Å². The Morgan fingerprint density at radius 1 is 1.11 bits per heavy atom. The zero-order valence-corrected chi connectivity index (χ0v) is 17.9. The molecule has 7 heteroatoms. The SMILES string of the molecule is Cc1ccc(C)c(NC(=O)c2cc(S(=O)(=O)N3CCC(C)CC3)ccc2Cl)c1. The van der Waals surface area contributed by atoms with E-state index in [0.29, 0.717) is 24.7 Å². The van der Waals surface area contributed by atoms with Gasteiger partial charge in [-0.25, -0.2) is 8.42 Å². The van der Waals surface area contributed by atoms with E-state index in [-0.39, 0.29) is 15.5 Å². The lowest BCUT2D eigenvalue weighted by molar-refractivity contribution is 0.102. The van der Waals surface area contributed by atoms with Crippen LogP contribution in [0.25, 0.3) is 0 Å². The average molecular weight is 421 g/mol. The Morgan fingerprint density at radius 3 is 2.46 bits per heavy atom. The van der Waals surface area contributed by atoms with Gasteiger partial charge in [0.1, 0.15) is 0 Å². The van der Waals surface area contributed by atoms with E-state index in [0.717, 1.165) is 24.0 Å². The summed E-state index contributed by atoms with van der Waals surface area (Å²) in [4.78, 5) is 12.9. The zero-order valence-electron chi connectivity index (χ0n) is 16.3. The minimum atomic E-state index is -3.65. The smallest absolute Gasteiger partial charge is 0.257 e. The molecule has 0 saturated carbocycles. The third-order valence-corrected chi connectivity index (χ3v) is 7.43. The number of rotatable bonds is 4. The molecule has 28 heavy (non-hydrogen) atoms. The van der Waals surface area contributed by atoms with E-state index >= 15 is 0 Å². The van der Waals surface area contributed by atoms with Gasteiger partial charge in [0.2, 0.25) is 10.0 Å². The molecule has 3 rings (SSSR count). The third kappa shape index (κ3) is 4.40. The molecule has 2 aromatic rings. The van der Waals surface area contributed by atoms with Crippen molar-refractivity contribution < 1.29 is 13.2 Å². The first-order valence-electron chi connectivity index (χ1n) is 9.37. The largest absolute Gasteiger partial charge is 0.322 e. The van der Waals surface area contributed by atoms with E-state index in [1.165, 1.54) is 22.5 Å². The number of anilines is 1. The molecular formula is C21H25ClN2O3S. The highest BCUT2D eigenvalue weighted by atomic mass is 35.5.